The number of sulfonamides is 1. The number of nitrogens with zero attached hydrogens (tertiary/aromatic N) is 1. The van der Waals surface area contributed by atoms with E-state index in [4.69, 9.17) is 25.4 Å². The number of aliphatic hydroxyl groups is 1. The molecule has 4 N–H and O–H groups in total. The van der Waals surface area contributed by atoms with Crippen LogP contribution in [-0.2, 0) is 30.7 Å². The fourth-order valence-electron chi connectivity index (χ4n) is 4.34. The van der Waals surface area contributed by atoms with Crippen molar-refractivity contribution in [2.24, 2.45) is 11.8 Å². The van der Waals surface area contributed by atoms with Gasteiger partial charge in [0.15, 0.2) is 6.29 Å². The number of amides is 1. The second-order valence-electron chi connectivity index (χ2n) is 9.76. The van der Waals surface area contributed by atoms with E-state index in [9.17, 15) is 18.3 Å². The summed E-state index contributed by atoms with van der Waals surface area (Å²) in [4.78, 5) is 13.1. The van der Waals surface area contributed by atoms with Crippen LogP contribution >= 0.6 is 0 Å². The molecule has 0 saturated carbocycles. The molecule has 2 aliphatic rings. The minimum atomic E-state index is -4.05. The van der Waals surface area contributed by atoms with Gasteiger partial charge < -0.3 is 30.4 Å². The topological polar surface area (TPSA) is 140 Å². The Balaban J connectivity index is 1.56. The standard InChI is InChI=1S/C27H37N3O7S/c1-18(2)15-30(38(33,34)21-10-8-20(28)9-11-21)16-24(31)23(14-19-6-4-3-5-7-19)29-27(32)37-25-17-36-26-22(25)12-13-35-26/h3-11,18,22-26,31H,12-17,28H2,1-2H3,(H,29,32)/t22-,23-,24+,25-,26+/m0/s1/i12D2,17D2. The number of anilines is 1. The molecule has 0 aliphatic carbocycles. The monoisotopic (exact) mass is 551 g/mol. The van der Waals surface area contributed by atoms with Crippen molar-refractivity contribution in [1.82, 2.24) is 9.62 Å². The molecule has 2 aromatic carbocycles. The summed E-state index contributed by atoms with van der Waals surface area (Å²) in [7, 11) is -4.05. The molecule has 0 aromatic heterocycles. The lowest BCUT2D eigenvalue weighted by Gasteiger charge is -2.31. The summed E-state index contributed by atoms with van der Waals surface area (Å²) in [6.07, 6.45) is -7.28. The predicted octanol–water partition coefficient (Wildman–Crippen LogP) is 2.38. The summed E-state index contributed by atoms with van der Waals surface area (Å²) >= 11 is 0. The third-order valence-corrected chi connectivity index (χ3v) is 8.11. The molecule has 208 valence electrons. The van der Waals surface area contributed by atoms with Gasteiger partial charge in [0.05, 0.1) is 38.9 Å². The lowest BCUT2D eigenvalue weighted by Crippen LogP contribution is -2.51. The van der Waals surface area contributed by atoms with E-state index in [-0.39, 0.29) is 36.9 Å². The number of aliphatic hydroxyl groups excluding tert-OH is 1. The molecule has 1 amide bonds. The number of carbonyl (C=O) groups excluding carboxylic acids is 1. The first-order valence-electron chi connectivity index (χ1n) is 14.4. The van der Waals surface area contributed by atoms with Crippen molar-refractivity contribution < 1.29 is 38.0 Å². The van der Waals surface area contributed by atoms with Gasteiger partial charge in [0.1, 0.15) is 6.10 Å². The van der Waals surface area contributed by atoms with Crippen LogP contribution in [0.1, 0.15) is 31.3 Å². The summed E-state index contributed by atoms with van der Waals surface area (Å²) < 4.78 is 76.7. The van der Waals surface area contributed by atoms with Crippen LogP contribution in [0.5, 0.6) is 0 Å². The van der Waals surface area contributed by atoms with Crippen LogP contribution in [-0.4, -0.2) is 74.7 Å². The van der Waals surface area contributed by atoms with Gasteiger partial charge in [0.2, 0.25) is 10.0 Å². The Morgan fingerprint density at radius 1 is 1.18 bits per heavy atom. The average molecular weight is 552 g/mol. The number of nitrogens with two attached hydrogens (primary N) is 1. The van der Waals surface area contributed by atoms with E-state index in [0.29, 0.717) is 5.69 Å². The molecular formula is C27H37N3O7S. The van der Waals surface area contributed by atoms with Gasteiger partial charge in [-0.2, -0.15) is 4.31 Å². The molecule has 2 fully saturated rings. The number of rotatable bonds is 11. The SMILES string of the molecule is [2H]C1([2H])CO[C@@H]2OC([2H])([2H])[C@H](OC(=O)N[C@@H](Cc3ccccc3)[C@H](O)CN(CC(C)C)S(=O)(=O)c3ccc(N)cc3)[C@@H]21. The highest BCUT2D eigenvalue weighted by Crippen LogP contribution is 2.33. The van der Waals surface area contributed by atoms with Gasteiger partial charge in [0.25, 0.3) is 0 Å². The number of benzene rings is 2. The van der Waals surface area contributed by atoms with Crippen molar-refractivity contribution in [2.45, 2.75) is 56.1 Å². The number of hydrogen-bond donors (Lipinski definition) is 3. The van der Waals surface area contributed by atoms with Crippen LogP contribution < -0.4 is 11.1 Å². The summed E-state index contributed by atoms with van der Waals surface area (Å²) in [6.45, 7) is 0.538. The normalized spacial score (nSPS) is 27.0. The Labute approximate surface area is 229 Å². The Bertz CT molecular complexity index is 1330. The first-order valence-corrected chi connectivity index (χ1v) is 13.9. The number of alkyl carbamates (subject to hydrolysis) is 1. The van der Waals surface area contributed by atoms with Gasteiger partial charge in [-0.25, -0.2) is 13.2 Å². The molecule has 10 nitrogen and oxygen atoms in total. The predicted molar refractivity (Wildman–Crippen MR) is 142 cm³/mol. The quantitative estimate of drug-likeness (QED) is 0.362. The molecule has 2 aliphatic heterocycles. The average Bonchev–Trinajstić information content (AvgIpc) is 3.34. The van der Waals surface area contributed by atoms with E-state index in [1.807, 2.05) is 13.8 Å². The highest BCUT2D eigenvalue weighted by molar-refractivity contribution is 7.89. The summed E-state index contributed by atoms with van der Waals surface area (Å²) in [5, 5.41) is 13.9. The van der Waals surface area contributed by atoms with E-state index in [1.54, 1.807) is 30.3 Å². The summed E-state index contributed by atoms with van der Waals surface area (Å²) in [6, 6.07) is 13.6. The van der Waals surface area contributed by atoms with E-state index >= 15 is 0 Å². The minimum Gasteiger partial charge on any atom is -0.443 e. The third kappa shape index (κ3) is 7.03. The first-order chi connectivity index (χ1) is 19.6. The molecule has 2 heterocycles. The second-order valence-corrected chi connectivity index (χ2v) is 11.7. The van der Waals surface area contributed by atoms with Gasteiger partial charge in [-0.1, -0.05) is 44.2 Å². The number of hydrogen-bond acceptors (Lipinski definition) is 8. The maximum Gasteiger partial charge on any atom is 0.407 e. The van der Waals surface area contributed by atoms with Gasteiger partial charge in [-0.3, -0.25) is 0 Å². The summed E-state index contributed by atoms with van der Waals surface area (Å²) in [5.41, 5.74) is 6.86. The van der Waals surface area contributed by atoms with Crippen molar-refractivity contribution in [3.05, 3.63) is 60.2 Å². The highest BCUT2D eigenvalue weighted by Gasteiger charge is 2.44. The lowest BCUT2D eigenvalue weighted by atomic mass is 10.0. The van der Waals surface area contributed by atoms with Crippen LogP contribution in [0.25, 0.3) is 0 Å². The summed E-state index contributed by atoms with van der Waals surface area (Å²) in [5.74, 6) is -1.30. The molecule has 2 saturated heterocycles. The molecule has 0 unspecified atom stereocenters. The highest BCUT2D eigenvalue weighted by atomic mass is 32.2. The zero-order valence-corrected chi connectivity index (χ0v) is 22.1. The Hall–Kier alpha value is -2.70. The van der Waals surface area contributed by atoms with Gasteiger partial charge >= 0.3 is 6.09 Å². The van der Waals surface area contributed by atoms with Crippen LogP contribution in [0.2, 0.25) is 0 Å². The minimum absolute atomic E-state index is 0.00241. The molecule has 2 aromatic rings. The molecule has 0 bridgehead atoms. The number of carbonyl (C=O) groups is 1. The zero-order valence-electron chi connectivity index (χ0n) is 25.3. The first kappa shape index (κ1) is 23.2. The molecular weight excluding hydrogens is 510 g/mol. The lowest BCUT2D eigenvalue weighted by molar-refractivity contribution is -0.0907. The van der Waals surface area contributed by atoms with Crippen LogP contribution in [0.3, 0.4) is 0 Å². The molecule has 0 radical (unpaired) electrons. The van der Waals surface area contributed by atoms with Crippen molar-refractivity contribution in [3.63, 3.8) is 0 Å². The van der Waals surface area contributed by atoms with Crippen molar-refractivity contribution >= 4 is 21.8 Å². The second kappa shape index (κ2) is 12.4. The molecule has 0 spiro atoms. The van der Waals surface area contributed by atoms with Crippen LogP contribution in [0, 0.1) is 11.8 Å². The largest absolute Gasteiger partial charge is 0.443 e. The van der Waals surface area contributed by atoms with Gasteiger partial charge in [-0.05, 0) is 48.5 Å². The fraction of sp³-hybridized carbons (Fsp3) is 0.519. The number of nitrogen functional groups attached to an aromatic ring is 1. The van der Waals surface area contributed by atoms with E-state index in [0.717, 1.165) is 9.87 Å². The van der Waals surface area contributed by atoms with E-state index in [2.05, 4.69) is 5.32 Å². The van der Waals surface area contributed by atoms with Crippen LogP contribution in [0.4, 0.5) is 10.5 Å². The molecule has 4 rings (SSSR count). The smallest absolute Gasteiger partial charge is 0.407 e. The van der Waals surface area contributed by atoms with Crippen molar-refractivity contribution in [1.29, 1.82) is 0 Å². The third-order valence-electron chi connectivity index (χ3n) is 6.26. The Kier molecular flexibility index (Phi) is 7.60. The number of fused-ring (bicyclic) bond motifs is 1. The molecule has 38 heavy (non-hydrogen) atoms. The fourth-order valence-corrected chi connectivity index (χ4v) is 5.96. The maximum atomic E-state index is 13.5. The number of ether oxygens (including phenoxy) is 3. The zero-order chi connectivity index (χ0) is 30.9. The van der Waals surface area contributed by atoms with Crippen molar-refractivity contribution in [3.8, 4) is 0 Å². The van der Waals surface area contributed by atoms with E-state index in [1.165, 1.54) is 24.3 Å². The Morgan fingerprint density at radius 2 is 1.89 bits per heavy atom. The van der Waals surface area contributed by atoms with Crippen LogP contribution in [0.15, 0.2) is 59.5 Å². The van der Waals surface area contributed by atoms with Gasteiger partial charge in [0, 0.05) is 21.5 Å². The van der Waals surface area contributed by atoms with Crippen molar-refractivity contribution in [2.75, 3.05) is 32.0 Å². The molecule has 11 heteroatoms. The number of nitrogens with one attached hydrogen (secondary N) is 1. The molecule has 5 atom stereocenters. The maximum absolute atomic E-state index is 13.5. The van der Waals surface area contributed by atoms with E-state index < -0.39 is 59.5 Å². The van der Waals surface area contributed by atoms with Gasteiger partial charge in [-0.15, -0.1) is 0 Å². The Morgan fingerprint density at radius 3 is 2.58 bits per heavy atom.